The van der Waals surface area contributed by atoms with Crippen molar-refractivity contribution < 1.29 is 36.8 Å². The predicted octanol–water partition coefficient (Wildman–Crippen LogP) is 5.25. The summed E-state index contributed by atoms with van der Waals surface area (Å²) < 4.78 is 59.6. The van der Waals surface area contributed by atoms with Gasteiger partial charge in [-0.2, -0.15) is 4.98 Å². The number of nitrogens with one attached hydrogen (secondary N) is 3. The molecule has 0 aliphatic heterocycles. The number of halogens is 2. The highest BCUT2D eigenvalue weighted by Gasteiger charge is 2.22. The fourth-order valence-corrected chi connectivity index (χ4v) is 6.06. The average Bonchev–Trinajstić information content (AvgIpc) is 2.99. The van der Waals surface area contributed by atoms with Gasteiger partial charge in [-0.05, 0) is 77.3 Å². The van der Waals surface area contributed by atoms with Crippen molar-refractivity contribution in [1.82, 2.24) is 9.97 Å². The van der Waals surface area contributed by atoms with E-state index in [1.165, 1.54) is 43.6 Å². The van der Waals surface area contributed by atoms with Gasteiger partial charge < -0.3 is 25.6 Å². The maximum Gasteiger partial charge on any atom is 0.302 e. The number of sulfonamides is 1. The van der Waals surface area contributed by atoms with Crippen LogP contribution >= 0.6 is 11.6 Å². The molecule has 0 amide bonds. The van der Waals surface area contributed by atoms with Gasteiger partial charge in [-0.3, -0.25) is 13.7 Å². The van der Waals surface area contributed by atoms with Crippen LogP contribution in [0.2, 0.25) is 5.02 Å². The lowest BCUT2D eigenvalue weighted by atomic mass is 10.1. The maximum absolute atomic E-state index is 15.2. The molecule has 1 unspecified atom stereocenters. The first-order chi connectivity index (χ1) is 22.0. The van der Waals surface area contributed by atoms with Gasteiger partial charge in [-0.25, -0.2) is 17.8 Å². The quantitative estimate of drug-likeness (QED) is 0.101. The summed E-state index contributed by atoms with van der Waals surface area (Å²) in [6.07, 6.45) is 2.98. The van der Waals surface area contributed by atoms with Crippen molar-refractivity contribution in [3.05, 3.63) is 77.7 Å². The second-order valence-corrected chi connectivity index (χ2v) is 14.7. The number of esters is 1. The third kappa shape index (κ3) is 10.3. The number of phenols is 1. The van der Waals surface area contributed by atoms with E-state index in [0.29, 0.717) is 28.3 Å². The largest absolute Gasteiger partial charge is 0.505 e. The van der Waals surface area contributed by atoms with Crippen molar-refractivity contribution in [2.45, 2.75) is 36.6 Å². The zero-order valence-corrected chi connectivity index (χ0v) is 28.3. The van der Waals surface area contributed by atoms with E-state index in [1.54, 1.807) is 38.1 Å². The third-order valence-electron chi connectivity index (χ3n) is 6.15. The van der Waals surface area contributed by atoms with E-state index >= 15 is 4.39 Å². The van der Waals surface area contributed by atoms with Crippen molar-refractivity contribution in [2.24, 2.45) is 0 Å². The number of phenolic OH excluding ortho intramolecular Hbond substituents is 1. The Labute approximate surface area is 278 Å². The Kier molecular flexibility index (Phi) is 12.5. The molecule has 252 valence electrons. The van der Waals surface area contributed by atoms with Crippen LogP contribution in [0, 0.1) is 5.82 Å². The van der Waals surface area contributed by atoms with Crippen LogP contribution in [0.1, 0.15) is 20.8 Å². The van der Waals surface area contributed by atoms with E-state index < -0.39 is 42.0 Å². The normalized spacial score (nSPS) is 12.9. The number of aliphatic hydroxyl groups excluding tert-OH is 1. The number of rotatable bonds is 11. The zero-order valence-electron chi connectivity index (χ0n) is 26.0. The summed E-state index contributed by atoms with van der Waals surface area (Å²) in [5, 5.41) is 25.6. The molecule has 5 N–H and O–H groups in total. The number of aromatic hydroxyl groups is 1. The number of aromatic nitrogens is 2. The molecule has 12 nitrogen and oxygen atoms in total. The van der Waals surface area contributed by atoms with Crippen LogP contribution < -0.4 is 15.4 Å². The van der Waals surface area contributed by atoms with Crippen molar-refractivity contribution in [3.8, 4) is 16.9 Å². The molecular formula is C31H35ClFN5O7S2. The van der Waals surface area contributed by atoms with E-state index in [0.717, 1.165) is 12.1 Å². The van der Waals surface area contributed by atoms with Gasteiger partial charge >= 0.3 is 5.97 Å². The number of carbonyl (C=O) groups excluding carboxylic acids is 1. The minimum absolute atomic E-state index is 0.168. The number of aliphatic hydroxyl groups is 1. The van der Waals surface area contributed by atoms with Crippen LogP contribution in [0.15, 0.2) is 76.7 Å². The Bertz CT molecular complexity index is 1960. The second-order valence-electron chi connectivity index (χ2n) is 10.2. The van der Waals surface area contributed by atoms with Gasteiger partial charge in [0.05, 0.1) is 23.9 Å². The summed E-state index contributed by atoms with van der Waals surface area (Å²) in [5.41, 5.74) is 0.908. The molecule has 0 fully saturated rings. The number of hydrogen-bond donors (Lipinski definition) is 5. The molecule has 0 aliphatic carbocycles. The molecule has 0 aliphatic rings. The highest BCUT2D eigenvalue weighted by Crippen LogP contribution is 2.34. The smallest absolute Gasteiger partial charge is 0.302 e. The van der Waals surface area contributed by atoms with Gasteiger partial charge in [0.25, 0.3) is 10.0 Å². The van der Waals surface area contributed by atoms with Gasteiger partial charge in [0.15, 0.2) is 5.75 Å². The first-order valence-corrected chi connectivity index (χ1v) is 17.9. The molecule has 4 aromatic rings. The van der Waals surface area contributed by atoms with E-state index in [4.69, 9.17) is 11.6 Å². The molecule has 0 spiro atoms. The van der Waals surface area contributed by atoms with Gasteiger partial charge in [0, 0.05) is 41.6 Å². The van der Waals surface area contributed by atoms with Crippen molar-refractivity contribution in [1.29, 1.82) is 0 Å². The topological polar surface area (TPSA) is 180 Å². The Morgan fingerprint density at radius 3 is 2.43 bits per heavy atom. The molecule has 0 bridgehead atoms. The number of hydrogen-bond acceptors (Lipinski definition) is 11. The van der Waals surface area contributed by atoms with Gasteiger partial charge in [-0.15, -0.1) is 0 Å². The minimum Gasteiger partial charge on any atom is -0.505 e. The lowest BCUT2D eigenvalue weighted by molar-refractivity contribution is -0.140. The van der Waals surface area contributed by atoms with E-state index in [2.05, 4.69) is 35.9 Å². The molecule has 0 saturated carbocycles. The Hall–Kier alpha value is -4.44. The number of anilines is 4. The fourth-order valence-electron chi connectivity index (χ4n) is 3.89. The van der Waals surface area contributed by atoms with Gasteiger partial charge in [0.2, 0.25) is 5.95 Å². The summed E-state index contributed by atoms with van der Waals surface area (Å²) in [6, 6.07) is 14.0. The number of benzene rings is 3. The lowest BCUT2D eigenvalue weighted by Gasteiger charge is -2.17. The second kappa shape index (κ2) is 15.9. The summed E-state index contributed by atoms with van der Waals surface area (Å²) in [4.78, 5) is 18.7. The molecule has 1 aromatic heterocycles. The number of para-hydroxylation sites is 1. The van der Waals surface area contributed by atoms with Crippen LogP contribution in [0.5, 0.6) is 5.75 Å². The highest BCUT2D eigenvalue weighted by atomic mass is 35.5. The summed E-state index contributed by atoms with van der Waals surface area (Å²) in [5.74, 6) is 2.38. The van der Waals surface area contributed by atoms with Gasteiger partial charge in [-0.1, -0.05) is 29.8 Å². The fraction of sp³-hybridized carbons (Fsp3) is 0.226. The number of carbonyl (C=O) groups is 1. The summed E-state index contributed by atoms with van der Waals surface area (Å²) in [6.45, 7) is 5.16. The van der Waals surface area contributed by atoms with Crippen LogP contribution in [0.4, 0.5) is 27.5 Å². The van der Waals surface area contributed by atoms with Crippen molar-refractivity contribution >= 4 is 66.1 Å². The Balaban J connectivity index is 0.000000913. The first kappa shape index (κ1) is 37.0. The van der Waals surface area contributed by atoms with Crippen LogP contribution in [-0.2, 0) is 29.1 Å². The molecule has 1 heterocycles. The first-order valence-electron chi connectivity index (χ1n) is 13.9. The summed E-state index contributed by atoms with van der Waals surface area (Å²) in [7, 11) is -6.81. The average molecular weight is 708 g/mol. The standard InChI is InChI=1S/C27H27ClFN5O5S2.C4H8O2/c1-16(15-35)31-26-20(14-30-27(33-26)32-18-6-4-7-19(13-18)40(2,3)37)17-10-11-23(22(29)12-17)34-41(38,39)24-9-5-8-21(28)25(24)36;1-3-6-4(2)5/h4-14,16,34-36H,2,15H2,1,3H3,(H2,30,31,32,33);3H2,1-2H3/t16-,40?;/m1./s1. The minimum atomic E-state index is -4.36. The Morgan fingerprint density at radius 2 is 1.83 bits per heavy atom. The number of nitrogens with zero attached hydrogens (tertiary/aromatic N) is 2. The SMILES string of the molecule is C=S(C)(=O)c1cccc(Nc2ncc(-c3ccc(NS(=O)(=O)c4cccc(Cl)c4O)c(F)c3)c(N[C@H](C)CO)n2)c1.CCOC(C)=O. The van der Waals surface area contributed by atoms with E-state index in [1.807, 2.05) is 0 Å². The van der Waals surface area contributed by atoms with Gasteiger partial charge in [0.1, 0.15) is 16.5 Å². The highest BCUT2D eigenvalue weighted by molar-refractivity contribution is 7.99. The molecule has 16 heteroatoms. The van der Waals surface area contributed by atoms with E-state index in [9.17, 15) is 27.6 Å². The van der Waals surface area contributed by atoms with Crippen molar-refractivity contribution in [2.75, 3.05) is 34.8 Å². The molecule has 4 rings (SSSR count). The maximum atomic E-state index is 15.2. The van der Waals surface area contributed by atoms with Crippen LogP contribution in [0.25, 0.3) is 11.1 Å². The predicted molar refractivity (Wildman–Crippen MR) is 183 cm³/mol. The Morgan fingerprint density at radius 1 is 1.13 bits per heavy atom. The third-order valence-corrected chi connectivity index (χ3v) is 9.10. The molecule has 0 saturated heterocycles. The lowest BCUT2D eigenvalue weighted by Crippen LogP contribution is -2.21. The van der Waals surface area contributed by atoms with Crippen molar-refractivity contribution in [3.63, 3.8) is 0 Å². The zero-order chi connectivity index (χ0) is 34.9. The van der Waals surface area contributed by atoms with E-state index in [-0.39, 0.29) is 35.1 Å². The molecule has 3 aromatic carbocycles. The molecule has 0 radical (unpaired) electrons. The van der Waals surface area contributed by atoms with Crippen LogP contribution in [0.3, 0.4) is 0 Å². The van der Waals surface area contributed by atoms with Crippen LogP contribution in [-0.4, -0.2) is 70.2 Å². The molecule has 2 atom stereocenters. The summed E-state index contributed by atoms with van der Waals surface area (Å²) >= 11 is 5.82. The number of ether oxygens (including phenoxy) is 1. The monoisotopic (exact) mass is 707 g/mol. The molecule has 47 heavy (non-hydrogen) atoms. The molecular weight excluding hydrogens is 673 g/mol.